The standard InChI is InChI=1S/C20H21F4NO/c21-18(14-25)3-1-2-15-4-6-16(7-5-15)8-9-17-10-12-19(13-11-17)26-20(22,23)24/h1-3,10-13,15-16H,4-9H2/b2-1+,18-3-/t15-,16-. The molecule has 0 atom stereocenters. The number of rotatable bonds is 6. The molecule has 0 bridgehead atoms. The van der Waals surface area contributed by atoms with Gasteiger partial charge in [-0.15, -0.1) is 13.2 Å². The third-order valence-corrected chi connectivity index (χ3v) is 4.62. The molecule has 0 heterocycles. The Morgan fingerprint density at radius 3 is 2.38 bits per heavy atom. The van der Waals surface area contributed by atoms with E-state index < -0.39 is 12.2 Å². The molecule has 0 aliphatic heterocycles. The number of alkyl halides is 3. The number of benzene rings is 1. The predicted molar refractivity (Wildman–Crippen MR) is 90.8 cm³/mol. The van der Waals surface area contributed by atoms with Crippen molar-refractivity contribution in [2.45, 2.75) is 44.9 Å². The van der Waals surface area contributed by atoms with Gasteiger partial charge in [-0.05, 0) is 74.1 Å². The van der Waals surface area contributed by atoms with E-state index in [4.69, 9.17) is 5.26 Å². The maximum Gasteiger partial charge on any atom is 0.573 e. The molecule has 1 aromatic carbocycles. The molecule has 0 unspecified atom stereocenters. The summed E-state index contributed by atoms with van der Waals surface area (Å²) in [4.78, 5) is 0. The molecular weight excluding hydrogens is 346 g/mol. The van der Waals surface area contributed by atoms with Crippen LogP contribution in [-0.4, -0.2) is 6.36 Å². The molecule has 2 nitrogen and oxygen atoms in total. The Kier molecular flexibility index (Phi) is 7.26. The highest BCUT2D eigenvalue weighted by Gasteiger charge is 2.30. The lowest BCUT2D eigenvalue weighted by molar-refractivity contribution is -0.274. The van der Waals surface area contributed by atoms with Crippen LogP contribution in [0.25, 0.3) is 0 Å². The van der Waals surface area contributed by atoms with E-state index in [1.807, 2.05) is 6.08 Å². The number of halogens is 4. The summed E-state index contributed by atoms with van der Waals surface area (Å²) in [7, 11) is 0. The molecule has 0 aromatic heterocycles. The van der Waals surface area contributed by atoms with Crippen LogP contribution in [0.15, 0.2) is 48.3 Å². The molecule has 1 saturated carbocycles. The third-order valence-electron chi connectivity index (χ3n) is 4.62. The fourth-order valence-corrected chi connectivity index (χ4v) is 3.23. The van der Waals surface area contributed by atoms with Crippen molar-refractivity contribution in [1.82, 2.24) is 0 Å². The lowest BCUT2D eigenvalue weighted by Gasteiger charge is -2.26. The quantitative estimate of drug-likeness (QED) is 0.338. The molecule has 1 aromatic rings. The molecular formula is C20H21F4NO. The average molecular weight is 367 g/mol. The first-order chi connectivity index (χ1) is 12.4. The molecule has 2 rings (SSSR count). The van der Waals surface area contributed by atoms with Crippen LogP contribution in [0.3, 0.4) is 0 Å². The zero-order valence-electron chi connectivity index (χ0n) is 14.3. The highest BCUT2D eigenvalue weighted by Crippen LogP contribution is 2.32. The van der Waals surface area contributed by atoms with Gasteiger partial charge in [0.15, 0.2) is 5.83 Å². The van der Waals surface area contributed by atoms with Crippen LogP contribution in [0.5, 0.6) is 5.75 Å². The molecule has 0 N–H and O–H groups in total. The fourth-order valence-electron chi connectivity index (χ4n) is 3.23. The van der Waals surface area contributed by atoms with Crippen molar-refractivity contribution < 1.29 is 22.3 Å². The van der Waals surface area contributed by atoms with E-state index in [9.17, 15) is 17.6 Å². The van der Waals surface area contributed by atoms with Crippen molar-refractivity contribution >= 4 is 0 Å². The summed E-state index contributed by atoms with van der Waals surface area (Å²) in [5.74, 6) is 0.0157. The van der Waals surface area contributed by atoms with E-state index in [2.05, 4.69) is 4.74 Å². The molecule has 0 spiro atoms. The summed E-state index contributed by atoms with van der Waals surface area (Å²) in [5, 5.41) is 8.34. The first kappa shape index (κ1) is 20.0. The Hall–Kier alpha value is -2.29. The van der Waals surface area contributed by atoms with Crippen molar-refractivity contribution in [2.75, 3.05) is 0 Å². The van der Waals surface area contributed by atoms with Gasteiger partial charge in [0.1, 0.15) is 11.8 Å². The highest BCUT2D eigenvalue weighted by molar-refractivity contribution is 5.27. The molecule has 1 aliphatic rings. The van der Waals surface area contributed by atoms with Crippen molar-refractivity contribution in [3.05, 3.63) is 53.9 Å². The van der Waals surface area contributed by atoms with Crippen LogP contribution < -0.4 is 4.74 Å². The Morgan fingerprint density at radius 2 is 1.81 bits per heavy atom. The van der Waals surface area contributed by atoms with Crippen LogP contribution >= 0.6 is 0 Å². The van der Waals surface area contributed by atoms with Gasteiger partial charge in [0.05, 0.1) is 0 Å². The van der Waals surface area contributed by atoms with Crippen LogP contribution in [0.1, 0.15) is 37.7 Å². The van der Waals surface area contributed by atoms with Gasteiger partial charge < -0.3 is 4.74 Å². The number of nitriles is 1. The van der Waals surface area contributed by atoms with E-state index in [1.165, 1.54) is 24.3 Å². The maximum atomic E-state index is 12.7. The molecule has 1 aliphatic carbocycles. The molecule has 6 heteroatoms. The van der Waals surface area contributed by atoms with Gasteiger partial charge in [0.2, 0.25) is 0 Å². The van der Waals surface area contributed by atoms with E-state index in [-0.39, 0.29) is 5.75 Å². The second kappa shape index (κ2) is 9.42. The number of hydrogen-bond acceptors (Lipinski definition) is 2. The predicted octanol–water partition coefficient (Wildman–Crippen LogP) is 6.26. The van der Waals surface area contributed by atoms with Gasteiger partial charge in [-0.3, -0.25) is 0 Å². The lowest BCUT2D eigenvalue weighted by atomic mass is 9.79. The minimum Gasteiger partial charge on any atom is -0.406 e. The molecule has 1 fully saturated rings. The minimum atomic E-state index is -4.66. The Morgan fingerprint density at radius 1 is 1.15 bits per heavy atom. The topological polar surface area (TPSA) is 33.0 Å². The van der Waals surface area contributed by atoms with Gasteiger partial charge in [0, 0.05) is 0 Å². The van der Waals surface area contributed by atoms with Crippen LogP contribution in [0, 0.1) is 23.2 Å². The number of hydrogen-bond donors (Lipinski definition) is 0. The van der Waals surface area contributed by atoms with Crippen LogP contribution in [0.4, 0.5) is 17.6 Å². The van der Waals surface area contributed by atoms with Gasteiger partial charge in [-0.2, -0.15) is 9.65 Å². The monoisotopic (exact) mass is 367 g/mol. The Balaban J connectivity index is 1.72. The lowest BCUT2D eigenvalue weighted by Crippen LogP contribution is -2.17. The van der Waals surface area contributed by atoms with E-state index in [0.717, 1.165) is 44.1 Å². The minimum absolute atomic E-state index is 0.199. The first-order valence-electron chi connectivity index (χ1n) is 8.64. The van der Waals surface area contributed by atoms with Crippen molar-refractivity contribution in [3.8, 4) is 11.8 Å². The number of nitrogens with zero attached hydrogens (tertiary/aromatic N) is 1. The second-order valence-corrected chi connectivity index (χ2v) is 6.52. The van der Waals surface area contributed by atoms with Crippen LogP contribution in [-0.2, 0) is 6.42 Å². The molecule has 0 radical (unpaired) electrons. The summed E-state index contributed by atoms with van der Waals surface area (Å²) in [5.41, 5.74) is 0.999. The normalized spacial score (nSPS) is 21.6. The Labute approximate surface area is 150 Å². The molecule has 140 valence electrons. The largest absolute Gasteiger partial charge is 0.573 e. The fraction of sp³-hybridized carbons (Fsp3) is 0.450. The van der Waals surface area contributed by atoms with Crippen molar-refractivity contribution in [1.29, 1.82) is 5.26 Å². The van der Waals surface area contributed by atoms with Crippen molar-refractivity contribution in [3.63, 3.8) is 0 Å². The third kappa shape index (κ3) is 7.30. The molecule has 26 heavy (non-hydrogen) atoms. The first-order valence-corrected chi connectivity index (χ1v) is 8.64. The summed E-state index contributed by atoms with van der Waals surface area (Å²) in [6, 6.07) is 7.47. The Bertz CT molecular complexity index is 663. The maximum absolute atomic E-state index is 12.7. The SMILES string of the molecule is N#C/C(F)=C/C=C/[C@H]1CC[C@H](CCc2ccc(OC(F)(F)F)cc2)CC1. The summed E-state index contributed by atoms with van der Waals surface area (Å²) in [6.45, 7) is 0. The zero-order chi connectivity index (χ0) is 19.0. The summed E-state index contributed by atoms with van der Waals surface area (Å²) < 4.78 is 53.0. The van der Waals surface area contributed by atoms with Gasteiger partial charge in [0.25, 0.3) is 0 Å². The average Bonchev–Trinajstić information content (AvgIpc) is 2.61. The number of ether oxygens (including phenoxy) is 1. The number of aryl methyl sites for hydroxylation is 1. The van der Waals surface area contributed by atoms with E-state index >= 15 is 0 Å². The summed E-state index contributed by atoms with van der Waals surface area (Å²) in [6.07, 6.45) is 6.11. The zero-order valence-corrected chi connectivity index (χ0v) is 14.3. The number of allylic oxidation sites excluding steroid dienone is 4. The van der Waals surface area contributed by atoms with Gasteiger partial charge in [-0.1, -0.05) is 24.3 Å². The molecule has 0 amide bonds. The molecule has 0 saturated heterocycles. The van der Waals surface area contributed by atoms with Crippen molar-refractivity contribution in [2.24, 2.45) is 11.8 Å². The smallest absolute Gasteiger partial charge is 0.406 e. The summed E-state index contributed by atoms with van der Waals surface area (Å²) >= 11 is 0. The van der Waals surface area contributed by atoms with Crippen LogP contribution in [0.2, 0.25) is 0 Å². The van der Waals surface area contributed by atoms with E-state index in [1.54, 1.807) is 18.2 Å². The van der Waals surface area contributed by atoms with Gasteiger partial charge >= 0.3 is 6.36 Å². The van der Waals surface area contributed by atoms with E-state index in [0.29, 0.717) is 11.8 Å². The second-order valence-electron chi connectivity index (χ2n) is 6.52. The van der Waals surface area contributed by atoms with Gasteiger partial charge in [-0.25, -0.2) is 0 Å². The highest BCUT2D eigenvalue weighted by atomic mass is 19.4.